The van der Waals surface area contributed by atoms with Gasteiger partial charge in [0, 0.05) is 23.8 Å². The zero-order chi connectivity index (χ0) is 18.2. The highest BCUT2D eigenvalue weighted by Crippen LogP contribution is 2.28. The van der Waals surface area contributed by atoms with Crippen molar-refractivity contribution in [3.8, 4) is 22.6 Å². The fourth-order valence-electron chi connectivity index (χ4n) is 1.89. The monoisotopic (exact) mass is 342 g/mol. The Kier molecular flexibility index (Phi) is 6.06. The summed E-state index contributed by atoms with van der Waals surface area (Å²) in [6, 6.07) is 10.6. The molecule has 128 valence electrons. The van der Waals surface area contributed by atoms with Gasteiger partial charge in [0.25, 0.3) is 0 Å². The number of hydrogen-bond donors (Lipinski definition) is 0. The Morgan fingerprint density at radius 3 is 2.20 bits per heavy atom. The van der Waals surface area contributed by atoms with Gasteiger partial charge >= 0.3 is 11.9 Å². The molecule has 6 heteroatoms. The van der Waals surface area contributed by atoms with Crippen LogP contribution in [0.1, 0.15) is 0 Å². The number of benzene rings is 2. The lowest BCUT2D eigenvalue weighted by Crippen LogP contribution is -2.07. The molecule has 25 heavy (non-hydrogen) atoms. The maximum absolute atomic E-state index is 14.3. The molecule has 0 aliphatic carbocycles. The average molecular weight is 342 g/mol. The van der Waals surface area contributed by atoms with Gasteiger partial charge in [0.1, 0.15) is 17.3 Å². The summed E-state index contributed by atoms with van der Waals surface area (Å²) in [7, 11) is 0. The summed E-state index contributed by atoms with van der Waals surface area (Å²) in [5.41, 5.74) is 0.942. The third kappa shape index (κ3) is 5.04. The Labute approximate surface area is 143 Å². The summed E-state index contributed by atoms with van der Waals surface area (Å²) in [5.74, 6) is -1.16. The third-order valence-corrected chi connectivity index (χ3v) is 3.08. The van der Waals surface area contributed by atoms with Gasteiger partial charge in [-0.25, -0.2) is 14.0 Å². The van der Waals surface area contributed by atoms with E-state index < -0.39 is 17.8 Å². The summed E-state index contributed by atoms with van der Waals surface area (Å²) in [5, 5.41) is 0. The van der Waals surface area contributed by atoms with Crippen LogP contribution in [-0.2, 0) is 14.3 Å². The predicted molar refractivity (Wildman–Crippen MR) is 89.5 cm³/mol. The van der Waals surface area contributed by atoms with E-state index in [1.54, 1.807) is 30.3 Å². The van der Waals surface area contributed by atoms with Gasteiger partial charge in [0.2, 0.25) is 6.79 Å². The molecule has 0 heterocycles. The van der Waals surface area contributed by atoms with E-state index in [4.69, 9.17) is 9.47 Å². The molecule has 2 aromatic rings. The van der Waals surface area contributed by atoms with Crippen molar-refractivity contribution in [1.29, 1.82) is 0 Å². The van der Waals surface area contributed by atoms with Gasteiger partial charge < -0.3 is 14.2 Å². The summed E-state index contributed by atoms with van der Waals surface area (Å²) >= 11 is 0. The van der Waals surface area contributed by atoms with Crippen molar-refractivity contribution in [3.05, 3.63) is 73.6 Å². The van der Waals surface area contributed by atoms with Crippen LogP contribution in [0.3, 0.4) is 0 Å². The second kappa shape index (κ2) is 8.44. The average Bonchev–Trinajstić information content (AvgIpc) is 2.62. The van der Waals surface area contributed by atoms with Gasteiger partial charge in [-0.1, -0.05) is 25.3 Å². The molecular weight excluding hydrogens is 327 g/mol. The Morgan fingerprint density at radius 2 is 1.60 bits per heavy atom. The quantitative estimate of drug-likeness (QED) is 0.333. The molecule has 0 aliphatic heterocycles. The van der Waals surface area contributed by atoms with Gasteiger partial charge in [0.05, 0.1) is 0 Å². The number of carbonyl (C=O) groups is 2. The summed E-state index contributed by atoms with van der Waals surface area (Å²) in [6.45, 7) is 6.22. The molecule has 2 aromatic carbocycles. The fourth-order valence-corrected chi connectivity index (χ4v) is 1.89. The SMILES string of the molecule is C=CC(=O)OCOc1ccc(-c2ccc(OC(=O)C=C)cc2)c(F)c1. The molecule has 0 bridgehead atoms. The van der Waals surface area contributed by atoms with Crippen LogP contribution in [0.2, 0.25) is 0 Å². The molecule has 0 aromatic heterocycles. The van der Waals surface area contributed by atoms with Gasteiger partial charge in [-0.3, -0.25) is 0 Å². The zero-order valence-corrected chi connectivity index (χ0v) is 13.2. The number of ether oxygens (including phenoxy) is 3. The summed E-state index contributed by atoms with van der Waals surface area (Å²) in [4.78, 5) is 22.0. The number of rotatable bonds is 7. The smallest absolute Gasteiger partial charge is 0.335 e. The predicted octanol–water partition coefficient (Wildman–Crippen LogP) is 3.65. The Balaban J connectivity index is 2.07. The molecule has 0 amide bonds. The van der Waals surface area contributed by atoms with E-state index in [9.17, 15) is 14.0 Å². The zero-order valence-electron chi connectivity index (χ0n) is 13.2. The Morgan fingerprint density at radius 1 is 0.960 bits per heavy atom. The normalized spacial score (nSPS) is 9.80. The lowest BCUT2D eigenvalue weighted by atomic mass is 10.0. The van der Waals surface area contributed by atoms with E-state index in [-0.39, 0.29) is 12.5 Å². The van der Waals surface area contributed by atoms with Gasteiger partial charge in [0.15, 0.2) is 0 Å². The lowest BCUT2D eigenvalue weighted by molar-refractivity contribution is -0.144. The van der Waals surface area contributed by atoms with Crippen molar-refractivity contribution < 1.29 is 28.2 Å². The maximum Gasteiger partial charge on any atom is 0.335 e. The van der Waals surface area contributed by atoms with Crippen molar-refractivity contribution in [2.45, 2.75) is 0 Å². The van der Waals surface area contributed by atoms with Crippen molar-refractivity contribution in [2.24, 2.45) is 0 Å². The molecule has 0 atom stereocenters. The van der Waals surface area contributed by atoms with Crippen LogP contribution in [0.15, 0.2) is 67.8 Å². The Bertz CT molecular complexity index is 796. The maximum atomic E-state index is 14.3. The minimum atomic E-state index is -0.630. The highest BCUT2D eigenvalue weighted by Gasteiger charge is 2.08. The van der Waals surface area contributed by atoms with Crippen LogP contribution >= 0.6 is 0 Å². The molecule has 0 unspecified atom stereocenters. The first kappa shape index (κ1) is 17.9. The van der Waals surface area contributed by atoms with E-state index >= 15 is 0 Å². The van der Waals surface area contributed by atoms with Crippen LogP contribution in [0.25, 0.3) is 11.1 Å². The molecule has 2 rings (SSSR count). The lowest BCUT2D eigenvalue weighted by Gasteiger charge is -2.09. The van der Waals surface area contributed by atoms with Crippen molar-refractivity contribution in [2.75, 3.05) is 6.79 Å². The first-order chi connectivity index (χ1) is 12.0. The standard InChI is InChI=1S/C19H15FO5/c1-3-18(21)24-12-23-15-9-10-16(17(20)11-15)13-5-7-14(8-6-13)25-19(22)4-2/h3-11H,1-2,12H2. The van der Waals surface area contributed by atoms with Crippen LogP contribution in [-0.4, -0.2) is 18.7 Å². The summed E-state index contributed by atoms with van der Waals surface area (Å²) < 4.78 is 29.0. The van der Waals surface area contributed by atoms with Crippen LogP contribution < -0.4 is 9.47 Å². The first-order valence-electron chi connectivity index (χ1n) is 7.19. The largest absolute Gasteiger partial charge is 0.457 e. The van der Waals surface area contributed by atoms with E-state index in [0.29, 0.717) is 16.9 Å². The summed E-state index contributed by atoms with van der Waals surface area (Å²) in [6.07, 6.45) is 2.06. The minimum absolute atomic E-state index is 0.217. The molecule has 0 aliphatic rings. The second-order valence-electron chi connectivity index (χ2n) is 4.72. The molecule has 0 radical (unpaired) electrons. The van der Waals surface area contributed by atoms with E-state index in [2.05, 4.69) is 17.9 Å². The molecular formula is C19H15FO5. The first-order valence-corrected chi connectivity index (χ1v) is 7.19. The van der Waals surface area contributed by atoms with Gasteiger partial charge in [-0.15, -0.1) is 0 Å². The third-order valence-electron chi connectivity index (χ3n) is 3.08. The molecule has 0 fully saturated rings. The van der Waals surface area contributed by atoms with Gasteiger partial charge in [-0.05, 0) is 29.8 Å². The highest BCUT2D eigenvalue weighted by molar-refractivity contribution is 5.83. The molecule has 0 N–H and O–H groups in total. The fraction of sp³-hybridized carbons (Fsp3) is 0.0526. The number of halogens is 1. The van der Waals surface area contributed by atoms with Crippen LogP contribution in [0.4, 0.5) is 4.39 Å². The minimum Gasteiger partial charge on any atom is -0.457 e. The van der Waals surface area contributed by atoms with E-state index in [1.807, 2.05) is 0 Å². The number of carbonyl (C=O) groups excluding carboxylic acids is 2. The molecule has 0 spiro atoms. The molecule has 0 saturated heterocycles. The van der Waals surface area contributed by atoms with E-state index in [1.165, 1.54) is 12.1 Å². The van der Waals surface area contributed by atoms with E-state index in [0.717, 1.165) is 12.2 Å². The van der Waals surface area contributed by atoms with Crippen molar-refractivity contribution in [1.82, 2.24) is 0 Å². The van der Waals surface area contributed by atoms with Gasteiger partial charge in [-0.2, -0.15) is 0 Å². The number of hydrogen-bond acceptors (Lipinski definition) is 5. The topological polar surface area (TPSA) is 61.8 Å². The highest BCUT2D eigenvalue weighted by atomic mass is 19.1. The van der Waals surface area contributed by atoms with Crippen LogP contribution in [0, 0.1) is 5.82 Å². The number of esters is 2. The van der Waals surface area contributed by atoms with Crippen LogP contribution in [0.5, 0.6) is 11.5 Å². The second-order valence-corrected chi connectivity index (χ2v) is 4.72. The molecule has 5 nitrogen and oxygen atoms in total. The van der Waals surface area contributed by atoms with Crippen molar-refractivity contribution >= 4 is 11.9 Å². The Hall–Kier alpha value is -3.41. The van der Waals surface area contributed by atoms with Crippen molar-refractivity contribution in [3.63, 3.8) is 0 Å². The molecule has 0 saturated carbocycles.